The molecule has 0 unspecified atom stereocenters. The predicted octanol–water partition coefficient (Wildman–Crippen LogP) is 5.85. The molecular weight excluding hydrogens is 438 g/mol. The second-order valence-electron chi connectivity index (χ2n) is 7.77. The Morgan fingerprint density at radius 3 is 2.48 bits per heavy atom. The van der Waals surface area contributed by atoms with Crippen LogP contribution in [0.25, 0.3) is 17.2 Å². The van der Waals surface area contributed by atoms with Crippen molar-refractivity contribution in [2.75, 3.05) is 41.0 Å². The Bertz CT molecular complexity index is 1130. The van der Waals surface area contributed by atoms with Gasteiger partial charge in [0.05, 0.1) is 21.3 Å². The van der Waals surface area contributed by atoms with Crippen LogP contribution in [0.2, 0.25) is 0 Å². The first-order valence-electron chi connectivity index (χ1n) is 10.8. The molecule has 0 aromatic heterocycles. The van der Waals surface area contributed by atoms with E-state index < -0.39 is 0 Å². The molecule has 0 radical (unpaired) electrons. The van der Waals surface area contributed by atoms with E-state index in [2.05, 4.69) is 11.0 Å². The summed E-state index contributed by atoms with van der Waals surface area (Å²) in [7, 11) is 4.94. The molecule has 6 heteroatoms. The number of halogens is 1. The predicted molar refractivity (Wildman–Crippen MR) is 133 cm³/mol. The minimum absolute atomic E-state index is 0.556. The van der Waals surface area contributed by atoms with Gasteiger partial charge in [-0.15, -0.1) is 0 Å². The van der Waals surface area contributed by atoms with Crippen molar-refractivity contribution >= 4 is 17.7 Å². The lowest BCUT2D eigenvalue weighted by atomic mass is 10.00. The third-order valence-electron chi connectivity index (χ3n) is 5.61. The molecule has 0 saturated carbocycles. The van der Waals surface area contributed by atoms with E-state index in [-0.39, 0.29) is 0 Å². The number of fused-ring (bicyclic) bond motifs is 1. The van der Waals surface area contributed by atoms with E-state index in [1.807, 2.05) is 60.7 Å². The van der Waals surface area contributed by atoms with Gasteiger partial charge in [-0.3, -0.25) is 4.90 Å². The highest BCUT2D eigenvalue weighted by molar-refractivity contribution is 6.31. The van der Waals surface area contributed by atoms with Gasteiger partial charge in [0.2, 0.25) is 0 Å². The van der Waals surface area contributed by atoms with E-state index in [9.17, 15) is 0 Å². The van der Waals surface area contributed by atoms with Gasteiger partial charge >= 0.3 is 0 Å². The summed E-state index contributed by atoms with van der Waals surface area (Å²) in [6.45, 7) is 2.63. The molecular formula is C27H28ClNO4. The Morgan fingerprint density at radius 2 is 1.76 bits per heavy atom. The van der Waals surface area contributed by atoms with Gasteiger partial charge in [-0.2, -0.15) is 0 Å². The van der Waals surface area contributed by atoms with Crippen molar-refractivity contribution in [2.45, 2.75) is 6.54 Å². The van der Waals surface area contributed by atoms with Crippen LogP contribution in [0.15, 0.2) is 65.7 Å². The molecule has 3 aromatic carbocycles. The smallest absolute Gasteiger partial charge is 0.168 e. The number of benzene rings is 3. The number of nitrogens with zero attached hydrogens (tertiary/aromatic N) is 1. The molecule has 0 amide bonds. The summed E-state index contributed by atoms with van der Waals surface area (Å²) < 4.78 is 23.0. The molecule has 0 bridgehead atoms. The summed E-state index contributed by atoms with van der Waals surface area (Å²) in [5, 5.41) is 0.780. The fourth-order valence-corrected chi connectivity index (χ4v) is 4.38. The number of rotatable bonds is 7. The van der Waals surface area contributed by atoms with E-state index in [1.54, 1.807) is 21.3 Å². The largest absolute Gasteiger partial charge is 0.493 e. The van der Waals surface area contributed by atoms with Crippen molar-refractivity contribution in [1.82, 2.24) is 4.90 Å². The van der Waals surface area contributed by atoms with Gasteiger partial charge in [0.15, 0.2) is 23.0 Å². The fraction of sp³-hybridized carbons (Fsp3) is 0.259. The van der Waals surface area contributed by atoms with Crippen LogP contribution in [0, 0.1) is 0 Å². The third-order valence-corrected chi connectivity index (χ3v) is 5.84. The Kier molecular flexibility index (Phi) is 7.43. The lowest BCUT2D eigenvalue weighted by Gasteiger charge is -2.20. The SMILES string of the molecule is COc1cc(-c2cccc(OC)c2OC)cc2c1OCCN(C/C(Cl)=C/c1ccccc1)C2. The van der Waals surface area contributed by atoms with Gasteiger partial charge < -0.3 is 18.9 Å². The highest BCUT2D eigenvalue weighted by Crippen LogP contribution is 2.43. The van der Waals surface area contributed by atoms with E-state index >= 15 is 0 Å². The molecule has 0 fully saturated rings. The summed E-state index contributed by atoms with van der Waals surface area (Å²) in [5.41, 5.74) is 4.02. The molecule has 0 N–H and O–H groups in total. The van der Waals surface area contributed by atoms with Crippen molar-refractivity contribution in [1.29, 1.82) is 0 Å². The third kappa shape index (κ3) is 5.27. The van der Waals surface area contributed by atoms with Crippen molar-refractivity contribution in [3.63, 3.8) is 0 Å². The van der Waals surface area contributed by atoms with Gasteiger partial charge in [-0.1, -0.05) is 54.1 Å². The molecule has 5 nitrogen and oxygen atoms in total. The number of hydrogen-bond donors (Lipinski definition) is 0. The van der Waals surface area contributed by atoms with Gasteiger partial charge in [0.1, 0.15) is 6.61 Å². The number of hydrogen-bond acceptors (Lipinski definition) is 5. The Labute approximate surface area is 200 Å². The summed E-state index contributed by atoms with van der Waals surface area (Å²) in [5.74, 6) is 2.83. The first kappa shape index (κ1) is 23.0. The van der Waals surface area contributed by atoms with Crippen LogP contribution in [0.4, 0.5) is 0 Å². The summed E-state index contributed by atoms with van der Waals surface area (Å²) in [6, 6.07) is 20.0. The minimum Gasteiger partial charge on any atom is -0.493 e. The maximum atomic E-state index is 6.61. The minimum atomic E-state index is 0.556. The average molecular weight is 466 g/mol. The molecule has 1 aliphatic rings. The van der Waals surface area contributed by atoms with Gasteiger partial charge in [0, 0.05) is 35.8 Å². The first-order valence-corrected chi connectivity index (χ1v) is 11.2. The van der Waals surface area contributed by atoms with Crippen LogP contribution in [-0.4, -0.2) is 45.9 Å². The number of ether oxygens (including phenoxy) is 4. The summed E-state index contributed by atoms with van der Waals surface area (Å²) in [4.78, 5) is 2.28. The molecule has 0 atom stereocenters. The topological polar surface area (TPSA) is 40.2 Å². The second kappa shape index (κ2) is 10.6. The van der Waals surface area contributed by atoms with Gasteiger partial charge in [0.25, 0.3) is 0 Å². The second-order valence-corrected chi connectivity index (χ2v) is 8.25. The molecule has 0 aliphatic carbocycles. The normalized spacial score (nSPS) is 14.1. The Balaban J connectivity index is 1.66. The standard InChI is InChI=1S/C27H28ClNO4/c1-30-24-11-7-10-23(27(24)32-3)20-15-21-17-29(12-13-33-26(21)25(16-20)31-2)18-22(28)14-19-8-5-4-6-9-19/h4-11,14-16H,12-13,17-18H2,1-3H3/b22-14-. The Morgan fingerprint density at radius 1 is 0.970 bits per heavy atom. The maximum Gasteiger partial charge on any atom is 0.168 e. The van der Waals surface area contributed by atoms with Crippen LogP contribution in [0.5, 0.6) is 23.0 Å². The van der Waals surface area contributed by atoms with Gasteiger partial charge in [-0.05, 0) is 35.4 Å². The zero-order chi connectivity index (χ0) is 23.2. The number of para-hydroxylation sites is 1. The quantitative estimate of drug-likeness (QED) is 0.437. The highest BCUT2D eigenvalue weighted by atomic mass is 35.5. The van der Waals surface area contributed by atoms with Crippen molar-refractivity contribution in [3.05, 3.63) is 76.8 Å². The van der Waals surface area contributed by atoms with Crippen molar-refractivity contribution < 1.29 is 18.9 Å². The first-order chi connectivity index (χ1) is 16.1. The Hall–Kier alpha value is -3.15. The van der Waals surface area contributed by atoms with E-state index in [4.69, 9.17) is 30.5 Å². The van der Waals surface area contributed by atoms with Crippen molar-refractivity contribution in [2.24, 2.45) is 0 Å². The molecule has 4 rings (SSSR count). The summed E-state index contributed by atoms with van der Waals surface area (Å²) in [6.07, 6.45) is 2.01. The van der Waals surface area contributed by atoms with Crippen LogP contribution < -0.4 is 18.9 Å². The lowest BCUT2D eigenvalue weighted by Crippen LogP contribution is -2.27. The number of methoxy groups -OCH3 is 3. The van der Waals surface area contributed by atoms with E-state index in [0.717, 1.165) is 39.6 Å². The monoisotopic (exact) mass is 465 g/mol. The highest BCUT2D eigenvalue weighted by Gasteiger charge is 2.22. The maximum absolute atomic E-state index is 6.61. The fourth-order valence-electron chi connectivity index (χ4n) is 4.08. The molecule has 1 heterocycles. The van der Waals surface area contributed by atoms with E-state index in [1.165, 1.54) is 0 Å². The molecule has 172 valence electrons. The molecule has 0 spiro atoms. The van der Waals surface area contributed by atoms with Crippen molar-refractivity contribution in [3.8, 4) is 34.1 Å². The summed E-state index contributed by atoms with van der Waals surface area (Å²) >= 11 is 6.61. The lowest BCUT2D eigenvalue weighted by molar-refractivity contribution is 0.237. The molecule has 33 heavy (non-hydrogen) atoms. The zero-order valence-corrected chi connectivity index (χ0v) is 19.9. The molecule has 0 saturated heterocycles. The van der Waals surface area contributed by atoms with E-state index in [0.29, 0.717) is 36.9 Å². The van der Waals surface area contributed by atoms with Crippen LogP contribution in [0.1, 0.15) is 11.1 Å². The zero-order valence-electron chi connectivity index (χ0n) is 19.1. The molecule has 3 aromatic rings. The van der Waals surface area contributed by atoms with Crippen LogP contribution in [0.3, 0.4) is 0 Å². The van der Waals surface area contributed by atoms with Crippen LogP contribution in [-0.2, 0) is 6.54 Å². The average Bonchev–Trinajstić information content (AvgIpc) is 3.04. The van der Waals surface area contributed by atoms with Crippen LogP contribution >= 0.6 is 11.6 Å². The molecule has 1 aliphatic heterocycles. The van der Waals surface area contributed by atoms with Gasteiger partial charge in [-0.25, -0.2) is 0 Å².